The molecule has 2 amide bonds. The third kappa shape index (κ3) is 3.13. The van der Waals surface area contributed by atoms with Crippen molar-refractivity contribution in [3.8, 4) is 0 Å². The first kappa shape index (κ1) is 14.5. The van der Waals surface area contributed by atoms with E-state index in [1.807, 2.05) is 11.8 Å². The minimum Gasteiger partial charge on any atom is -0.330 e. The van der Waals surface area contributed by atoms with Crippen molar-refractivity contribution in [1.29, 1.82) is 0 Å². The predicted octanol–water partition coefficient (Wildman–Crippen LogP) is 2.57. The quantitative estimate of drug-likeness (QED) is 0.927. The lowest BCUT2D eigenvalue weighted by atomic mass is 10.2. The molecule has 0 unspecified atom stereocenters. The Bertz CT molecular complexity index is 544. The molecule has 0 spiro atoms. The summed E-state index contributed by atoms with van der Waals surface area (Å²) in [4.78, 5) is 21.6. The number of piperazine rings is 1. The second kappa shape index (κ2) is 5.81. The molecule has 2 aliphatic carbocycles. The Morgan fingerprint density at radius 2 is 2.00 bits per heavy atom. The highest BCUT2D eigenvalue weighted by Crippen LogP contribution is 2.41. The van der Waals surface area contributed by atoms with E-state index in [0.29, 0.717) is 5.92 Å². The van der Waals surface area contributed by atoms with Gasteiger partial charge in [-0.3, -0.25) is 4.90 Å². The summed E-state index contributed by atoms with van der Waals surface area (Å²) < 4.78 is 0. The minimum atomic E-state index is -0.00212. The van der Waals surface area contributed by atoms with Crippen molar-refractivity contribution in [3.63, 3.8) is 0 Å². The Morgan fingerprint density at radius 1 is 1.27 bits per heavy atom. The second-order valence-corrected chi connectivity index (χ2v) is 7.70. The van der Waals surface area contributed by atoms with Crippen LogP contribution in [0.25, 0.3) is 0 Å². The third-order valence-corrected chi connectivity index (χ3v) is 5.94. The summed E-state index contributed by atoms with van der Waals surface area (Å²) in [7, 11) is 0. The van der Waals surface area contributed by atoms with Gasteiger partial charge in [0.05, 0.1) is 16.7 Å². The Hall–Kier alpha value is -1.14. The second-order valence-electron chi connectivity index (χ2n) is 6.81. The number of hydrogen-bond donors (Lipinski definition) is 1. The van der Waals surface area contributed by atoms with Crippen LogP contribution in [0.15, 0.2) is 5.38 Å². The van der Waals surface area contributed by atoms with Crippen LogP contribution in [0.3, 0.4) is 0 Å². The standard InChI is InChI=1S/C16H24N4OS/c1-11(14-10-22-15(18-14)12-2-3-12)17-16(21)20-8-6-19(7-9-20)13-4-5-13/h10-13H,2-9H2,1H3,(H,17,21)/t11-/m1/s1. The molecule has 2 saturated carbocycles. The summed E-state index contributed by atoms with van der Waals surface area (Å²) in [6.07, 6.45) is 5.24. The first-order chi connectivity index (χ1) is 10.7. The fourth-order valence-electron chi connectivity index (χ4n) is 3.10. The van der Waals surface area contributed by atoms with Crippen molar-refractivity contribution >= 4 is 17.4 Å². The fourth-order valence-corrected chi connectivity index (χ4v) is 4.18. The molecule has 1 saturated heterocycles. The maximum absolute atomic E-state index is 12.4. The van der Waals surface area contributed by atoms with E-state index in [9.17, 15) is 4.79 Å². The van der Waals surface area contributed by atoms with Gasteiger partial charge in [0.25, 0.3) is 0 Å². The average Bonchev–Trinajstić information content (AvgIpc) is 3.46. The largest absolute Gasteiger partial charge is 0.330 e. The molecule has 1 N–H and O–H groups in total. The molecule has 3 aliphatic rings. The first-order valence-electron chi connectivity index (χ1n) is 8.45. The number of amides is 2. The number of hydrogen-bond acceptors (Lipinski definition) is 4. The van der Waals surface area contributed by atoms with Crippen molar-refractivity contribution in [3.05, 3.63) is 16.1 Å². The Balaban J connectivity index is 1.29. The lowest BCUT2D eigenvalue weighted by Gasteiger charge is -2.35. The van der Waals surface area contributed by atoms with Crippen LogP contribution in [-0.4, -0.2) is 53.0 Å². The lowest BCUT2D eigenvalue weighted by molar-refractivity contribution is 0.133. The summed E-state index contributed by atoms with van der Waals surface area (Å²) in [5.41, 5.74) is 1.01. The van der Waals surface area contributed by atoms with Crippen molar-refractivity contribution < 1.29 is 4.79 Å². The van der Waals surface area contributed by atoms with Crippen LogP contribution in [0.5, 0.6) is 0 Å². The number of urea groups is 1. The molecular weight excluding hydrogens is 296 g/mol. The summed E-state index contributed by atoms with van der Waals surface area (Å²) in [5, 5.41) is 6.46. The highest BCUT2D eigenvalue weighted by atomic mass is 32.1. The molecule has 0 bridgehead atoms. The Labute approximate surface area is 135 Å². The van der Waals surface area contributed by atoms with Crippen LogP contribution in [0.2, 0.25) is 0 Å². The molecule has 3 fully saturated rings. The van der Waals surface area contributed by atoms with Gasteiger partial charge in [-0.2, -0.15) is 0 Å². The van der Waals surface area contributed by atoms with Gasteiger partial charge in [0.15, 0.2) is 0 Å². The molecule has 0 aromatic carbocycles. The minimum absolute atomic E-state index is 0.00212. The third-order valence-electron chi connectivity index (χ3n) is 4.91. The van der Waals surface area contributed by atoms with Crippen LogP contribution in [0, 0.1) is 0 Å². The molecule has 1 aromatic rings. The van der Waals surface area contributed by atoms with Gasteiger partial charge in [-0.05, 0) is 32.6 Å². The van der Waals surface area contributed by atoms with E-state index in [4.69, 9.17) is 4.98 Å². The summed E-state index contributed by atoms with van der Waals surface area (Å²) in [6.45, 7) is 5.77. The number of carbonyl (C=O) groups excluding carboxylic acids is 1. The summed E-state index contributed by atoms with van der Waals surface area (Å²) >= 11 is 1.74. The predicted molar refractivity (Wildman–Crippen MR) is 87.2 cm³/mol. The van der Waals surface area contributed by atoms with Crippen molar-refractivity contribution in [2.45, 2.75) is 50.6 Å². The molecule has 6 heteroatoms. The van der Waals surface area contributed by atoms with Crippen LogP contribution < -0.4 is 5.32 Å². The van der Waals surface area contributed by atoms with Gasteiger partial charge >= 0.3 is 6.03 Å². The number of carbonyl (C=O) groups is 1. The van der Waals surface area contributed by atoms with Crippen molar-refractivity contribution in [1.82, 2.24) is 20.1 Å². The highest BCUT2D eigenvalue weighted by molar-refractivity contribution is 7.09. The van der Waals surface area contributed by atoms with Gasteiger partial charge in [-0.25, -0.2) is 9.78 Å². The average molecular weight is 320 g/mol. The molecule has 2 heterocycles. The monoisotopic (exact) mass is 320 g/mol. The first-order valence-corrected chi connectivity index (χ1v) is 9.33. The zero-order chi connectivity index (χ0) is 15.1. The van der Waals surface area contributed by atoms with E-state index < -0.39 is 0 Å². The topological polar surface area (TPSA) is 48.5 Å². The van der Waals surface area contributed by atoms with Gasteiger partial charge in [0.1, 0.15) is 0 Å². The van der Waals surface area contributed by atoms with E-state index in [1.54, 1.807) is 11.3 Å². The molecule has 0 radical (unpaired) electrons. The van der Waals surface area contributed by atoms with Crippen LogP contribution >= 0.6 is 11.3 Å². The fraction of sp³-hybridized carbons (Fsp3) is 0.750. The number of rotatable bonds is 4. The molecule has 1 atom stereocenters. The van der Waals surface area contributed by atoms with E-state index in [0.717, 1.165) is 37.9 Å². The van der Waals surface area contributed by atoms with Crippen LogP contribution in [0.1, 0.15) is 55.3 Å². The van der Waals surface area contributed by atoms with Crippen molar-refractivity contribution in [2.24, 2.45) is 0 Å². The van der Waals surface area contributed by atoms with Gasteiger partial charge in [-0.1, -0.05) is 0 Å². The zero-order valence-electron chi connectivity index (χ0n) is 13.1. The zero-order valence-corrected chi connectivity index (χ0v) is 13.9. The Kier molecular flexibility index (Phi) is 3.82. The van der Waals surface area contributed by atoms with E-state index in [1.165, 1.54) is 30.7 Å². The number of thiazole rings is 1. The maximum Gasteiger partial charge on any atom is 0.318 e. The normalized spacial score (nSPS) is 24.3. The maximum atomic E-state index is 12.4. The number of nitrogens with one attached hydrogen (secondary N) is 1. The number of aromatic nitrogens is 1. The van der Waals surface area contributed by atoms with Crippen molar-refractivity contribution in [2.75, 3.05) is 26.2 Å². The van der Waals surface area contributed by atoms with E-state index in [2.05, 4.69) is 15.6 Å². The lowest BCUT2D eigenvalue weighted by Crippen LogP contribution is -2.52. The highest BCUT2D eigenvalue weighted by Gasteiger charge is 2.32. The SMILES string of the molecule is C[C@@H](NC(=O)N1CCN(C2CC2)CC1)c1csc(C2CC2)n1. The molecule has 5 nitrogen and oxygen atoms in total. The molecular formula is C16H24N4OS. The van der Waals surface area contributed by atoms with Crippen LogP contribution in [-0.2, 0) is 0 Å². The van der Waals surface area contributed by atoms with Crippen LogP contribution in [0.4, 0.5) is 4.79 Å². The van der Waals surface area contributed by atoms with Gasteiger partial charge in [-0.15, -0.1) is 11.3 Å². The molecule has 22 heavy (non-hydrogen) atoms. The smallest absolute Gasteiger partial charge is 0.318 e. The molecule has 120 valence electrons. The van der Waals surface area contributed by atoms with E-state index >= 15 is 0 Å². The summed E-state index contributed by atoms with van der Waals surface area (Å²) in [6, 6.07) is 0.863. The van der Waals surface area contributed by atoms with E-state index in [-0.39, 0.29) is 12.1 Å². The number of nitrogens with zero attached hydrogens (tertiary/aromatic N) is 3. The molecule has 1 aliphatic heterocycles. The van der Waals surface area contributed by atoms with Gasteiger partial charge in [0, 0.05) is 43.5 Å². The van der Waals surface area contributed by atoms with Gasteiger partial charge in [0.2, 0.25) is 0 Å². The van der Waals surface area contributed by atoms with Gasteiger partial charge < -0.3 is 10.2 Å². The molecule has 4 rings (SSSR count). The molecule has 1 aromatic heterocycles. The summed E-state index contributed by atoms with van der Waals surface area (Å²) in [5.74, 6) is 0.692. The Morgan fingerprint density at radius 3 is 2.64 bits per heavy atom.